The maximum absolute atomic E-state index is 5.16. The highest BCUT2D eigenvalue weighted by Crippen LogP contribution is 2.25. The molecule has 2 aromatic rings. The molecule has 0 aliphatic carbocycles. The molecule has 0 saturated heterocycles. The van der Waals surface area contributed by atoms with Gasteiger partial charge in [-0.15, -0.1) is 0 Å². The summed E-state index contributed by atoms with van der Waals surface area (Å²) in [5, 5.41) is 3.71. The van der Waals surface area contributed by atoms with Crippen LogP contribution < -0.4 is 5.32 Å². The highest BCUT2D eigenvalue weighted by molar-refractivity contribution is 5.20. The smallest absolute Gasteiger partial charge is 0.0950 e. The fraction of sp³-hybridized carbons (Fsp3) is 0.412. The lowest BCUT2D eigenvalue weighted by Gasteiger charge is -2.25. The van der Waals surface area contributed by atoms with Crippen molar-refractivity contribution in [1.82, 2.24) is 5.32 Å². The van der Waals surface area contributed by atoms with Gasteiger partial charge in [0, 0.05) is 17.6 Å². The molecule has 1 aromatic heterocycles. The average molecular weight is 257 g/mol. The van der Waals surface area contributed by atoms with Crippen molar-refractivity contribution in [1.29, 1.82) is 0 Å². The molecule has 19 heavy (non-hydrogen) atoms. The molecule has 2 atom stereocenters. The third kappa shape index (κ3) is 3.97. The van der Waals surface area contributed by atoms with E-state index < -0.39 is 0 Å². The number of furan rings is 1. The first-order chi connectivity index (χ1) is 9.16. The Balaban J connectivity index is 2.10. The molecule has 0 spiro atoms. The summed E-state index contributed by atoms with van der Waals surface area (Å²) in [6.07, 6.45) is 4.68. The minimum atomic E-state index is 0.294. The van der Waals surface area contributed by atoms with Crippen LogP contribution in [-0.2, 0) is 0 Å². The quantitative estimate of drug-likeness (QED) is 0.810. The van der Waals surface area contributed by atoms with Crippen molar-refractivity contribution in [3.8, 4) is 0 Å². The standard InChI is InChI=1S/C17H23NO/c1-13(2)11-17(15-7-5-4-6-8-15)18-14(3)16-9-10-19-12-16/h4-10,12-14,17-18H,11H2,1-3H3. The summed E-state index contributed by atoms with van der Waals surface area (Å²) in [6.45, 7) is 6.71. The largest absolute Gasteiger partial charge is 0.472 e. The van der Waals surface area contributed by atoms with Crippen LogP contribution in [0.3, 0.4) is 0 Å². The summed E-state index contributed by atoms with van der Waals surface area (Å²) in [4.78, 5) is 0. The predicted molar refractivity (Wildman–Crippen MR) is 78.9 cm³/mol. The molecule has 0 fully saturated rings. The third-order valence-corrected chi connectivity index (χ3v) is 3.40. The maximum Gasteiger partial charge on any atom is 0.0950 e. The Morgan fingerprint density at radius 3 is 2.32 bits per heavy atom. The zero-order valence-corrected chi connectivity index (χ0v) is 12.0. The first kappa shape index (κ1) is 13.9. The first-order valence-corrected chi connectivity index (χ1v) is 7.00. The predicted octanol–water partition coefficient (Wildman–Crippen LogP) is 4.72. The van der Waals surface area contributed by atoms with Crippen LogP contribution in [0.5, 0.6) is 0 Å². The fourth-order valence-corrected chi connectivity index (χ4v) is 2.38. The minimum absolute atomic E-state index is 0.294. The van der Waals surface area contributed by atoms with E-state index in [9.17, 15) is 0 Å². The van der Waals surface area contributed by atoms with Crippen molar-refractivity contribution in [2.45, 2.75) is 39.3 Å². The van der Waals surface area contributed by atoms with E-state index in [1.807, 2.05) is 12.3 Å². The molecule has 102 valence electrons. The maximum atomic E-state index is 5.16. The van der Waals surface area contributed by atoms with Gasteiger partial charge >= 0.3 is 0 Å². The Morgan fingerprint density at radius 1 is 1.00 bits per heavy atom. The lowest BCUT2D eigenvalue weighted by atomic mass is 9.96. The van der Waals surface area contributed by atoms with Crippen LogP contribution >= 0.6 is 0 Å². The molecule has 2 heteroatoms. The molecule has 0 aliphatic heterocycles. The molecule has 2 unspecified atom stereocenters. The zero-order valence-electron chi connectivity index (χ0n) is 12.0. The van der Waals surface area contributed by atoms with Crippen molar-refractivity contribution in [3.63, 3.8) is 0 Å². The highest BCUT2D eigenvalue weighted by atomic mass is 16.3. The van der Waals surface area contributed by atoms with Gasteiger partial charge in [-0.1, -0.05) is 44.2 Å². The van der Waals surface area contributed by atoms with E-state index in [2.05, 4.69) is 56.4 Å². The summed E-state index contributed by atoms with van der Waals surface area (Å²) in [6, 6.07) is 13.4. The van der Waals surface area contributed by atoms with E-state index in [0.29, 0.717) is 18.0 Å². The number of rotatable bonds is 6. The van der Waals surface area contributed by atoms with E-state index in [0.717, 1.165) is 6.42 Å². The van der Waals surface area contributed by atoms with Gasteiger partial charge in [0.25, 0.3) is 0 Å². The second kappa shape index (κ2) is 6.58. The number of hydrogen-bond acceptors (Lipinski definition) is 2. The molecule has 0 aliphatic rings. The van der Waals surface area contributed by atoms with Gasteiger partial charge < -0.3 is 9.73 Å². The van der Waals surface area contributed by atoms with Crippen LogP contribution in [0.1, 0.15) is 50.4 Å². The second-order valence-corrected chi connectivity index (χ2v) is 5.54. The van der Waals surface area contributed by atoms with Gasteiger partial charge in [-0.05, 0) is 30.9 Å². The lowest BCUT2D eigenvalue weighted by Crippen LogP contribution is -2.25. The van der Waals surface area contributed by atoms with Gasteiger partial charge in [0.15, 0.2) is 0 Å². The first-order valence-electron chi connectivity index (χ1n) is 7.00. The Hall–Kier alpha value is -1.54. The Kier molecular flexibility index (Phi) is 4.80. The highest BCUT2D eigenvalue weighted by Gasteiger charge is 2.17. The third-order valence-electron chi connectivity index (χ3n) is 3.40. The van der Waals surface area contributed by atoms with Crippen molar-refractivity contribution >= 4 is 0 Å². The average Bonchev–Trinajstić information content (AvgIpc) is 2.92. The Morgan fingerprint density at radius 2 is 1.74 bits per heavy atom. The summed E-state index contributed by atoms with van der Waals surface area (Å²) in [5.41, 5.74) is 2.55. The van der Waals surface area contributed by atoms with E-state index >= 15 is 0 Å². The van der Waals surface area contributed by atoms with Gasteiger partial charge in [-0.3, -0.25) is 0 Å². The van der Waals surface area contributed by atoms with Gasteiger partial charge in [0.05, 0.1) is 12.5 Å². The Bertz CT molecular complexity index is 461. The normalized spacial score (nSPS) is 14.5. The molecule has 1 aromatic carbocycles. The Labute approximate surface area is 115 Å². The summed E-state index contributed by atoms with van der Waals surface area (Å²) in [7, 11) is 0. The molecule has 0 amide bonds. The van der Waals surface area contributed by atoms with Crippen molar-refractivity contribution in [2.24, 2.45) is 5.92 Å². The monoisotopic (exact) mass is 257 g/mol. The fourth-order valence-electron chi connectivity index (χ4n) is 2.38. The SMILES string of the molecule is CC(C)CC(NC(C)c1ccoc1)c1ccccc1. The van der Waals surface area contributed by atoms with E-state index in [1.54, 1.807) is 6.26 Å². The van der Waals surface area contributed by atoms with E-state index in [1.165, 1.54) is 11.1 Å². The van der Waals surface area contributed by atoms with E-state index in [4.69, 9.17) is 4.42 Å². The van der Waals surface area contributed by atoms with Crippen molar-refractivity contribution in [3.05, 3.63) is 60.1 Å². The van der Waals surface area contributed by atoms with Gasteiger partial charge in [-0.2, -0.15) is 0 Å². The summed E-state index contributed by atoms with van der Waals surface area (Å²) >= 11 is 0. The van der Waals surface area contributed by atoms with Crippen LogP contribution in [0.25, 0.3) is 0 Å². The van der Waals surface area contributed by atoms with E-state index in [-0.39, 0.29) is 0 Å². The topological polar surface area (TPSA) is 25.2 Å². The molecule has 2 nitrogen and oxygen atoms in total. The van der Waals surface area contributed by atoms with Gasteiger partial charge in [-0.25, -0.2) is 0 Å². The molecule has 0 radical (unpaired) electrons. The van der Waals surface area contributed by atoms with Crippen LogP contribution in [0.2, 0.25) is 0 Å². The molecule has 0 bridgehead atoms. The number of benzene rings is 1. The number of nitrogens with one attached hydrogen (secondary N) is 1. The zero-order chi connectivity index (χ0) is 13.7. The van der Waals surface area contributed by atoms with Crippen LogP contribution in [0.4, 0.5) is 0 Å². The molecule has 1 N–H and O–H groups in total. The van der Waals surface area contributed by atoms with Crippen molar-refractivity contribution in [2.75, 3.05) is 0 Å². The van der Waals surface area contributed by atoms with Crippen molar-refractivity contribution < 1.29 is 4.42 Å². The lowest BCUT2D eigenvalue weighted by molar-refractivity contribution is 0.393. The van der Waals surface area contributed by atoms with Crippen LogP contribution in [0, 0.1) is 5.92 Å². The molecule has 2 rings (SSSR count). The van der Waals surface area contributed by atoms with Gasteiger partial charge in [0.2, 0.25) is 0 Å². The summed E-state index contributed by atoms with van der Waals surface area (Å²) in [5.74, 6) is 0.661. The minimum Gasteiger partial charge on any atom is -0.472 e. The molecular weight excluding hydrogens is 234 g/mol. The molecular formula is C17H23NO. The number of hydrogen-bond donors (Lipinski definition) is 1. The second-order valence-electron chi connectivity index (χ2n) is 5.54. The molecule has 0 saturated carbocycles. The van der Waals surface area contributed by atoms with Crippen LogP contribution in [0.15, 0.2) is 53.3 Å². The molecule has 1 heterocycles. The summed E-state index contributed by atoms with van der Waals surface area (Å²) < 4.78 is 5.16. The van der Waals surface area contributed by atoms with Crippen LogP contribution in [-0.4, -0.2) is 0 Å². The van der Waals surface area contributed by atoms with Gasteiger partial charge in [0.1, 0.15) is 0 Å².